The lowest BCUT2D eigenvalue weighted by atomic mass is 9.96. The number of ether oxygens (including phenoxy) is 1. The van der Waals surface area contributed by atoms with E-state index in [1.54, 1.807) is 0 Å². The number of carbonyl (C=O) groups is 2. The Morgan fingerprint density at radius 1 is 0.949 bits per heavy atom. The van der Waals surface area contributed by atoms with Crippen LogP contribution in [0.4, 0.5) is 10.5 Å². The minimum atomic E-state index is -0.828. The SMILES string of the molecule is CCC(C)[C@H](NC(=O)OCC1c2ccccc2-c2ccccc21)C(=O)NC(C)(C)C(=S)N(C)c1ccccc1. The van der Waals surface area contributed by atoms with Crippen molar-refractivity contribution in [3.8, 4) is 11.1 Å². The van der Waals surface area contributed by atoms with Crippen molar-refractivity contribution >= 4 is 34.9 Å². The van der Waals surface area contributed by atoms with Gasteiger partial charge in [-0.1, -0.05) is 99.2 Å². The van der Waals surface area contributed by atoms with Gasteiger partial charge in [0.2, 0.25) is 5.91 Å². The Balaban J connectivity index is 1.42. The highest BCUT2D eigenvalue weighted by atomic mass is 32.1. The van der Waals surface area contributed by atoms with Crippen LogP contribution in [0.1, 0.15) is 51.2 Å². The smallest absolute Gasteiger partial charge is 0.407 e. The summed E-state index contributed by atoms with van der Waals surface area (Å²) in [5.41, 5.74) is 4.71. The number of rotatable bonds is 9. The number of nitrogens with one attached hydrogen (secondary N) is 2. The molecule has 0 saturated carbocycles. The number of hydrogen-bond donors (Lipinski definition) is 2. The first-order valence-electron chi connectivity index (χ1n) is 13.4. The molecule has 4 rings (SSSR count). The second-order valence-electron chi connectivity index (χ2n) is 10.6. The molecule has 6 nitrogen and oxygen atoms in total. The van der Waals surface area contributed by atoms with Crippen molar-refractivity contribution in [2.75, 3.05) is 18.6 Å². The Labute approximate surface area is 236 Å². The molecule has 0 saturated heterocycles. The molecule has 1 unspecified atom stereocenters. The van der Waals surface area contributed by atoms with Crippen molar-refractivity contribution in [2.45, 2.75) is 51.6 Å². The van der Waals surface area contributed by atoms with E-state index < -0.39 is 17.7 Å². The summed E-state index contributed by atoms with van der Waals surface area (Å²) in [6.45, 7) is 7.85. The standard InChI is InChI=1S/C32H37N3O3S/c1-6-21(2)28(29(36)34-32(3,4)30(39)35(5)22-14-8-7-9-15-22)33-31(37)38-20-27-25-18-12-10-16-23(25)24-17-11-13-19-26(24)27/h7-19,21,27-28H,6,20H2,1-5H3,(H,33,37)(H,34,36)/t21?,28-/m0/s1. The van der Waals surface area contributed by atoms with Crippen molar-refractivity contribution < 1.29 is 14.3 Å². The van der Waals surface area contributed by atoms with Crippen molar-refractivity contribution in [2.24, 2.45) is 5.92 Å². The van der Waals surface area contributed by atoms with Gasteiger partial charge in [-0.05, 0) is 54.2 Å². The van der Waals surface area contributed by atoms with Crippen LogP contribution in [0.15, 0.2) is 78.9 Å². The summed E-state index contributed by atoms with van der Waals surface area (Å²) >= 11 is 5.75. The average Bonchev–Trinajstić information content (AvgIpc) is 3.27. The number of para-hydroxylation sites is 1. The molecular weight excluding hydrogens is 506 g/mol. The molecule has 0 heterocycles. The van der Waals surface area contributed by atoms with Crippen molar-refractivity contribution in [1.29, 1.82) is 0 Å². The van der Waals surface area contributed by atoms with Crippen LogP contribution in [0.2, 0.25) is 0 Å². The van der Waals surface area contributed by atoms with Gasteiger partial charge in [0.05, 0.1) is 5.54 Å². The van der Waals surface area contributed by atoms with Crippen LogP contribution in [-0.2, 0) is 9.53 Å². The zero-order chi connectivity index (χ0) is 28.2. The number of anilines is 1. The molecule has 1 aliphatic rings. The van der Waals surface area contributed by atoms with E-state index >= 15 is 0 Å². The molecule has 7 heteroatoms. The molecule has 3 aromatic rings. The van der Waals surface area contributed by atoms with E-state index in [1.807, 2.05) is 94.2 Å². The highest BCUT2D eigenvalue weighted by Crippen LogP contribution is 2.44. The van der Waals surface area contributed by atoms with Crippen molar-refractivity contribution in [3.63, 3.8) is 0 Å². The van der Waals surface area contributed by atoms with Gasteiger partial charge < -0.3 is 20.3 Å². The van der Waals surface area contributed by atoms with Crippen LogP contribution in [0.3, 0.4) is 0 Å². The van der Waals surface area contributed by atoms with Gasteiger partial charge in [-0.2, -0.15) is 0 Å². The number of amides is 2. The second kappa shape index (κ2) is 12.0. The van der Waals surface area contributed by atoms with Crippen LogP contribution >= 0.6 is 12.2 Å². The first-order valence-corrected chi connectivity index (χ1v) is 13.8. The van der Waals surface area contributed by atoms with Gasteiger partial charge in [-0.3, -0.25) is 4.79 Å². The van der Waals surface area contributed by atoms with E-state index in [1.165, 1.54) is 0 Å². The molecule has 0 fully saturated rings. The van der Waals surface area contributed by atoms with Crippen LogP contribution in [0.25, 0.3) is 11.1 Å². The van der Waals surface area contributed by atoms with Crippen LogP contribution in [0, 0.1) is 5.92 Å². The topological polar surface area (TPSA) is 70.7 Å². The molecule has 39 heavy (non-hydrogen) atoms. The monoisotopic (exact) mass is 543 g/mol. The molecular formula is C32H37N3O3S. The second-order valence-corrected chi connectivity index (χ2v) is 11.0. The number of benzene rings is 3. The van der Waals surface area contributed by atoms with Crippen molar-refractivity contribution in [3.05, 3.63) is 90.0 Å². The molecule has 0 aromatic heterocycles. The minimum absolute atomic E-state index is 0.0520. The number of hydrogen-bond acceptors (Lipinski definition) is 4. The van der Waals surface area contributed by atoms with Gasteiger partial charge in [0, 0.05) is 18.7 Å². The fourth-order valence-electron chi connectivity index (χ4n) is 5.10. The van der Waals surface area contributed by atoms with Gasteiger partial charge in [0.1, 0.15) is 17.6 Å². The Morgan fingerprint density at radius 3 is 2.05 bits per heavy atom. The van der Waals surface area contributed by atoms with E-state index in [0.717, 1.165) is 27.9 Å². The van der Waals surface area contributed by atoms with E-state index in [2.05, 4.69) is 34.9 Å². The summed E-state index contributed by atoms with van der Waals surface area (Å²) in [5, 5.41) is 5.89. The first kappa shape index (κ1) is 28.3. The van der Waals surface area contributed by atoms with E-state index in [9.17, 15) is 9.59 Å². The largest absolute Gasteiger partial charge is 0.449 e. The number of thiocarbonyl (C=S) groups is 1. The Hall–Kier alpha value is -3.71. The third kappa shape index (κ3) is 6.14. The summed E-state index contributed by atoms with van der Waals surface area (Å²) in [6, 6.07) is 25.4. The fraction of sp³-hybridized carbons (Fsp3) is 0.344. The Kier molecular flexibility index (Phi) is 8.70. The van der Waals surface area contributed by atoms with Crippen LogP contribution in [0.5, 0.6) is 0 Å². The highest BCUT2D eigenvalue weighted by Gasteiger charge is 2.35. The van der Waals surface area contributed by atoms with Crippen LogP contribution < -0.4 is 15.5 Å². The quantitative estimate of drug-likeness (QED) is 0.310. The zero-order valence-electron chi connectivity index (χ0n) is 23.2. The maximum Gasteiger partial charge on any atom is 0.407 e. The van der Waals surface area contributed by atoms with Crippen molar-refractivity contribution in [1.82, 2.24) is 10.6 Å². The molecule has 204 valence electrons. The Bertz CT molecular complexity index is 1300. The summed E-state index contributed by atoms with van der Waals surface area (Å²) in [7, 11) is 1.88. The lowest BCUT2D eigenvalue weighted by Gasteiger charge is -2.35. The first-order chi connectivity index (χ1) is 18.6. The lowest BCUT2D eigenvalue weighted by molar-refractivity contribution is -0.125. The molecule has 1 aliphatic carbocycles. The zero-order valence-corrected chi connectivity index (χ0v) is 24.0. The number of fused-ring (bicyclic) bond motifs is 3. The molecule has 0 spiro atoms. The molecule has 0 aliphatic heterocycles. The summed E-state index contributed by atoms with van der Waals surface area (Å²) in [4.78, 5) is 28.9. The van der Waals surface area contributed by atoms with E-state index in [0.29, 0.717) is 11.4 Å². The molecule has 2 atom stereocenters. The van der Waals surface area contributed by atoms with Gasteiger partial charge in [0.15, 0.2) is 0 Å². The predicted molar refractivity (Wildman–Crippen MR) is 161 cm³/mol. The molecule has 2 amide bonds. The number of nitrogens with zero attached hydrogens (tertiary/aromatic N) is 1. The number of carbonyl (C=O) groups excluding carboxylic acids is 2. The maximum absolute atomic E-state index is 13.5. The van der Waals surface area contributed by atoms with E-state index in [-0.39, 0.29) is 24.3 Å². The number of alkyl carbamates (subject to hydrolysis) is 1. The third-order valence-electron chi connectivity index (χ3n) is 7.53. The molecule has 0 bridgehead atoms. The summed E-state index contributed by atoms with van der Waals surface area (Å²) in [5.74, 6) is -0.461. The molecule has 3 aromatic carbocycles. The summed E-state index contributed by atoms with van der Waals surface area (Å²) in [6.07, 6.45) is 0.0930. The molecule has 2 N–H and O–H groups in total. The van der Waals surface area contributed by atoms with Gasteiger partial charge >= 0.3 is 6.09 Å². The van der Waals surface area contributed by atoms with Gasteiger partial charge in [-0.25, -0.2) is 4.79 Å². The minimum Gasteiger partial charge on any atom is -0.449 e. The molecule has 0 radical (unpaired) electrons. The predicted octanol–water partition coefficient (Wildman–Crippen LogP) is 6.30. The van der Waals surface area contributed by atoms with Gasteiger partial charge in [-0.15, -0.1) is 0 Å². The maximum atomic E-state index is 13.5. The van der Waals surface area contributed by atoms with Gasteiger partial charge in [0.25, 0.3) is 0 Å². The van der Waals surface area contributed by atoms with Crippen LogP contribution in [-0.4, -0.2) is 42.2 Å². The summed E-state index contributed by atoms with van der Waals surface area (Å²) < 4.78 is 5.72. The number of likely N-dealkylation sites (N-methyl/N-ethyl adjacent to an activating group) is 1. The Morgan fingerprint density at radius 2 is 1.49 bits per heavy atom. The van der Waals surface area contributed by atoms with E-state index in [4.69, 9.17) is 17.0 Å². The lowest BCUT2D eigenvalue weighted by Crippen LogP contribution is -2.60. The fourth-order valence-corrected chi connectivity index (χ4v) is 5.25. The normalized spacial score (nSPS) is 14.0. The third-order valence-corrected chi connectivity index (χ3v) is 8.32. The average molecular weight is 544 g/mol. The highest BCUT2D eigenvalue weighted by molar-refractivity contribution is 7.80.